The third kappa shape index (κ3) is 3.40. The summed E-state index contributed by atoms with van der Waals surface area (Å²) >= 11 is 0. The van der Waals surface area contributed by atoms with Crippen LogP contribution in [-0.4, -0.2) is 58.3 Å². The zero-order chi connectivity index (χ0) is 22.2. The highest BCUT2D eigenvalue weighted by Gasteiger charge is 2.50. The van der Waals surface area contributed by atoms with E-state index < -0.39 is 11.6 Å². The topological polar surface area (TPSA) is 72.3 Å². The summed E-state index contributed by atoms with van der Waals surface area (Å²) in [7, 11) is 2.23. The largest absolute Gasteiger partial charge is 0.457 e. The second kappa shape index (κ2) is 8.11. The summed E-state index contributed by atoms with van der Waals surface area (Å²) in [6.07, 6.45) is 8.23. The molecule has 0 amide bonds. The molecule has 2 aromatic carbocycles. The molecule has 164 valence electrons. The normalized spacial score (nSPS) is 22.9. The van der Waals surface area contributed by atoms with Gasteiger partial charge in [0, 0.05) is 42.8 Å². The first-order chi connectivity index (χ1) is 15.5. The Labute approximate surface area is 188 Å². The van der Waals surface area contributed by atoms with Gasteiger partial charge in [0.25, 0.3) is 0 Å². The van der Waals surface area contributed by atoms with Crippen molar-refractivity contribution in [2.24, 2.45) is 0 Å². The van der Waals surface area contributed by atoms with Crippen LogP contribution in [0.25, 0.3) is 11.1 Å². The highest BCUT2D eigenvalue weighted by molar-refractivity contribution is 5.96. The van der Waals surface area contributed by atoms with Gasteiger partial charge in [-0.1, -0.05) is 48.5 Å². The van der Waals surface area contributed by atoms with Crippen LogP contribution in [0.4, 0.5) is 0 Å². The van der Waals surface area contributed by atoms with E-state index in [1.54, 1.807) is 6.33 Å². The molecule has 0 bridgehead atoms. The first kappa shape index (κ1) is 20.8. The smallest absolute Gasteiger partial charge is 0.347 e. The van der Waals surface area contributed by atoms with Crippen LogP contribution in [0.2, 0.25) is 0 Å². The van der Waals surface area contributed by atoms with E-state index in [1.807, 2.05) is 60.9 Å². The quantitative estimate of drug-likeness (QED) is 0.481. The fourth-order valence-corrected chi connectivity index (χ4v) is 5.29. The fourth-order valence-electron chi connectivity index (χ4n) is 5.29. The van der Waals surface area contributed by atoms with Crippen LogP contribution in [0, 0.1) is 0 Å². The Morgan fingerprint density at radius 2 is 1.72 bits per heavy atom. The molecule has 6 heteroatoms. The molecule has 1 N–H and O–H groups in total. The van der Waals surface area contributed by atoms with E-state index in [2.05, 4.69) is 17.0 Å². The van der Waals surface area contributed by atoms with E-state index >= 15 is 0 Å². The molecule has 1 aromatic heterocycles. The van der Waals surface area contributed by atoms with Crippen molar-refractivity contribution in [1.82, 2.24) is 9.97 Å². The highest BCUT2D eigenvalue weighted by atomic mass is 16.6. The van der Waals surface area contributed by atoms with Crippen LogP contribution in [0.1, 0.15) is 29.5 Å². The van der Waals surface area contributed by atoms with Gasteiger partial charge in [0.2, 0.25) is 5.60 Å². The number of ether oxygens (including phenoxy) is 1. The highest BCUT2D eigenvalue weighted by Crippen LogP contribution is 2.48. The van der Waals surface area contributed by atoms with Crippen LogP contribution in [0.15, 0.2) is 67.3 Å². The number of hydrogen-bond donors (Lipinski definition) is 1. The number of quaternary nitrogens is 1. The molecule has 0 radical (unpaired) electrons. The number of esters is 1. The van der Waals surface area contributed by atoms with E-state index in [9.17, 15) is 9.90 Å². The lowest BCUT2D eigenvalue weighted by Crippen LogP contribution is -2.52. The molecule has 0 saturated carbocycles. The molecule has 2 aliphatic rings. The van der Waals surface area contributed by atoms with Crippen LogP contribution < -0.4 is 0 Å². The van der Waals surface area contributed by atoms with E-state index in [-0.39, 0.29) is 6.04 Å². The molecule has 2 heterocycles. The molecule has 1 unspecified atom stereocenters. The standard InChI is InChI=1S/C26H28N3O3/c1-29(14-12-19-15-27-18-28-16-19)13-6-7-20(29)17-32-25(30)26(31)23-10-4-2-8-21(23)22-9-3-5-11-24(22)26/h2-5,8-11,15-16,18,20,31H,6-7,12-14,17H2,1H3/q+1/t20-,29?/m1/s1. The predicted molar refractivity (Wildman–Crippen MR) is 121 cm³/mol. The molecule has 32 heavy (non-hydrogen) atoms. The molecule has 3 aromatic rings. The van der Waals surface area contributed by atoms with Crippen molar-refractivity contribution in [2.75, 3.05) is 26.7 Å². The van der Waals surface area contributed by atoms with Crippen molar-refractivity contribution in [1.29, 1.82) is 0 Å². The van der Waals surface area contributed by atoms with Crippen LogP contribution in [0.3, 0.4) is 0 Å². The molecular weight excluding hydrogens is 402 g/mol. The Morgan fingerprint density at radius 1 is 1.09 bits per heavy atom. The minimum absolute atomic E-state index is 0.207. The number of carbonyl (C=O) groups excluding carboxylic acids is 1. The zero-order valence-corrected chi connectivity index (χ0v) is 18.3. The van der Waals surface area contributed by atoms with Crippen LogP contribution in [0.5, 0.6) is 0 Å². The zero-order valence-electron chi connectivity index (χ0n) is 18.3. The number of likely N-dealkylation sites (N-methyl/N-ethyl adjacent to an activating group) is 1. The average Bonchev–Trinajstić information content (AvgIpc) is 3.33. The van der Waals surface area contributed by atoms with Crippen molar-refractivity contribution in [3.8, 4) is 11.1 Å². The summed E-state index contributed by atoms with van der Waals surface area (Å²) in [5, 5.41) is 11.6. The molecule has 0 spiro atoms. The molecule has 5 rings (SSSR count). The van der Waals surface area contributed by atoms with Crippen LogP contribution >= 0.6 is 0 Å². The van der Waals surface area contributed by atoms with E-state index in [0.717, 1.165) is 53.5 Å². The maximum atomic E-state index is 13.3. The third-order valence-corrected chi connectivity index (χ3v) is 7.24. The van der Waals surface area contributed by atoms with Gasteiger partial charge in [0.1, 0.15) is 19.0 Å². The number of aliphatic hydroxyl groups is 1. The van der Waals surface area contributed by atoms with Gasteiger partial charge in [-0.3, -0.25) is 0 Å². The Morgan fingerprint density at radius 3 is 2.38 bits per heavy atom. The average molecular weight is 431 g/mol. The second-order valence-corrected chi connectivity index (χ2v) is 9.12. The van der Waals surface area contributed by atoms with Crippen molar-refractivity contribution in [3.05, 3.63) is 83.9 Å². The van der Waals surface area contributed by atoms with Crippen molar-refractivity contribution in [3.63, 3.8) is 0 Å². The minimum atomic E-state index is -1.77. The monoisotopic (exact) mass is 430 g/mol. The van der Waals surface area contributed by atoms with E-state index in [1.165, 1.54) is 0 Å². The lowest BCUT2D eigenvalue weighted by atomic mass is 9.91. The summed E-state index contributed by atoms with van der Waals surface area (Å²) in [5.74, 6) is -0.593. The van der Waals surface area contributed by atoms with Crippen molar-refractivity contribution in [2.45, 2.75) is 30.9 Å². The number of likely N-dealkylation sites (tertiary alicyclic amines) is 1. The Hall–Kier alpha value is -3.09. The van der Waals surface area contributed by atoms with Gasteiger partial charge in [-0.25, -0.2) is 14.8 Å². The summed E-state index contributed by atoms with van der Waals surface area (Å²) in [5.41, 5.74) is 2.31. The number of nitrogens with zero attached hydrogens (tertiary/aromatic N) is 3. The summed E-state index contributed by atoms with van der Waals surface area (Å²) < 4.78 is 6.69. The van der Waals surface area contributed by atoms with Gasteiger partial charge in [-0.15, -0.1) is 0 Å². The molecule has 2 atom stereocenters. The van der Waals surface area contributed by atoms with E-state index in [0.29, 0.717) is 17.7 Å². The number of aromatic nitrogens is 2. The Bertz CT molecular complexity index is 1090. The number of carbonyl (C=O) groups is 1. The van der Waals surface area contributed by atoms with Gasteiger partial charge in [-0.2, -0.15) is 0 Å². The van der Waals surface area contributed by atoms with Gasteiger partial charge >= 0.3 is 5.97 Å². The maximum absolute atomic E-state index is 13.3. The van der Waals surface area contributed by atoms with Gasteiger partial charge in [0.15, 0.2) is 0 Å². The molecule has 6 nitrogen and oxygen atoms in total. The van der Waals surface area contributed by atoms with Gasteiger partial charge < -0.3 is 14.3 Å². The SMILES string of the molecule is C[N+]1(CCc2cncnc2)CCC[C@@H]1COC(=O)C1(O)c2ccccc2-c2ccccc21. The molecule has 1 aliphatic carbocycles. The first-order valence-electron chi connectivity index (χ1n) is 11.2. The first-order valence-corrected chi connectivity index (χ1v) is 11.2. The number of hydrogen-bond acceptors (Lipinski definition) is 5. The Balaban J connectivity index is 1.32. The molecule has 1 saturated heterocycles. The van der Waals surface area contributed by atoms with Crippen LogP contribution in [-0.2, 0) is 21.6 Å². The lowest BCUT2D eigenvalue weighted by Gasteiger charge is -2.36. The summed E-state index contributed by atoms with van der Waals surface area (Å²) in [6, 6.07) is 15.3. The number of rotatable bonds is 6. The van der Waals surface area contributed by atoms with Gasteiger partial charge in [0.05, 0.1) is 20.1 Å². The summed E-state index contributed by atoms with van der Waals surface area (Å²) in [4.78, 5) is 21.6. The van der Waals surface area contributed by atoms with Crippen molar-refractivity contribution < 1.29 is 19.1 Å². The minimum Gasteiger partial charge on any atom is -0.457 e. The lowest BCUT2D eigenvalue weighted by molar-refractivity contribution is -0.921. The molecular formula is C26H28N3O3+. The fraction of sp³-hybridized carbons (Fsp3) is 0.346. The summed E-state index contributed by atoms with van der Waals surface area (Å²) in [6.45, 7) is 2.28. The molecule has 1 aliphatic heterocycles. The second-order valence-electron chi connectivity index (χ2n) is 9.12. The third-order valence-electron chi connectivity index (χ3n) is 7.24. The predicted octanol–water partition coefficient (Wildman–Crippen LogP) is 3.09. The van der Waals surface area contributed by atoms with E-state index in [4.69, 9.17) is 4.74 Å². The van der Waals surface area contributed by atoms with Gasteiger partial charge in [-0.05, 0) is 16.7 Å². The molecule has 1 fully saturated rings. The Kier molecular flexibility index (Phi) is 5.27. The number of fused-ring (bicyclic) bond motifs is 3. The van der Waals surface area contributed by atoms with Crippen molar-refractivity contribution >= 4 is 5.97 Å². The maximum Gasteiger partial charge on any atom is 0.347 e. The number of benzene rings is 2.